The van der Waals surface area contributed by atoms with E-state index in [0.717, 1.165) is 29.5 Å². The highest BCUT2D eigenvalue weighted by atomic mass is 32.2. The van der Waals surface area contributed by atoms with E-state index in [1.807, 2.05) is 44.3 Å². The summed E-state index contributed by atoms with van der Waals surface area (Å²) in [5.41, 5.74) is 4.30. The number of rotatable bonds is 5. The monoisotopic (exact) mass is 354 g/mol. The lowest BCUT2D eigenvalue weighted by Gasteiger charge is -2.16. The second-order valence-corrected chi connectivity index (χ2v) is 8.87. The molecule has 0 atom stereocenters. The van der Waals surface area contributed by atoms with Crippen molar-refractivity contribution < 1.29 is 8.42 Å². The molecule has 0 unspecified atom stereocenters. The maximum atomic E-state index is 12.7. The number of aromatic nitrogens is 1. The SMILES string of the molecule is Cc1ccc(S(=O)(=O)NCC2(c3c[nH]c4ccccc34)CC2)cc1C. The average Bonchev–Trinajstić information content (AvgIpc) is 3.26. The van der Waals surface area contributed by atoms with Crippen LogP contribution in [0.5, 0.6) is 0 Å². The molecule has 0 spiro atoms. The molecule has 0 radical (unpaired) electrons. The molecular weight excluding hydrogens is 332 g/mol. The zero-order chi connectivity index (χ0) is 17.7. The fraction of sp³-hybridized carbons (Fsp3) is 0.300. The van der Waals surface area contributed by atoms with Crippen LogP contribution in [0.25, 0.3) is 10.9 Å². The zero-order valence-electron chi connectivity index (χ0n) is 14.5. The molecule has 0 aliphatic heterocycles. The molecule has 0 saturated heterocycles. The van der Waals surface area contributed by atoms with Crippen LogP contribution >= 0.6 is 0 Å². The molecule has 2 aromatic carbocycles. The fourth-order valence-electron chi connectivity index (χ4n) is 3.40. The van der Waals surface area contributed by atoms with E-state index in [-0.39, 0.29) is 5.41 Å². The van der Waals surface area contributed by atoms with Crippen molar-refractivity contribution in [2.24, 2.45) is 0 Å². The number of hydrogen-bond acceptors (Lipinski definition) is 2. The normalized spacial score (nSPS) is 16.2. The third kappa shape index (κ3) is 2.87. The minimum absolute atomic E-state index is 0.0909. The Labute approximate surface area is 148 Å². The number of aromatic amines is 1. The van der Waals surface area contributed by atoms with E-state index in [0.29, 0.717) is 11.4 Å². The molecule has 4 rings (SSSR count). The molecule has 1 aliphatic rings. The Bertz CT molecular complexity index is 1050. The van der Waals surface area contributed by atoms with Gasteiger partial charge in [0.05, 0.1) is 4.90 Å². The molecule has 0 amide bonds. The number of nitrogens with one attached hydrogen (secondary N) is 2. The van der Waals surface area contributed by atoms with Crippen LogP contribution in [-0.2, 0) is 15.4 Å². The summed E-state index contributed by atoms with van der Waals surface area (Å²) in [6.07, 6.45) is 4.04. The Morgan fingerprint density at radius 3 is 2.56 bits per heavy atom. The van der Waals surface area contributed by atoms with Gasteiger partial charge in [-0.15, -0.1) is 0 Å². The van der Waals surface area contributed by atoms with Crippen LogP contribution < -0.4 is 4.72 Å². The van der Waals surface area contributed by atoms with E-state index >= 15 is 0 Å². The standard InChI is InChI=1S/C20H22N2O2S/c1-14-7-8-16(11-15(14)2)25(23,24)22-13-20(9-10-20)18-12-21-19-6-4-3-5-17(18)19/h3-8,11-12,21-22H,9-10,13H2,1-2H3. The van der Waals surface area contributed by atoms with Crippen LogP contribution in [0.3, 0.4) is 0 Å². The van der Waals surface area contributed by atoms with Gasteiger partial charge in [0.2, 0.25) is 10.0 Å². The van der Waals surface area contributed by atoms with Crippen molar-refractivity contribution in [2.45, 2.75) is 37.0 Å². The number of para-hydroxylation sites is 1. The van der Waals surface area contributed by atoms with Crippen LogP contribution in [0, 0.1) is 13.8 Å². The first kappa shape index (κ1) is 16.4. The minimum atomic E-state index is -3.50. The Hall–Kier alpha value is -2.11. The number of fused-ring (bicyclic) bond motifs is 1. The van der Waals surface area contributed by atoms with Gasteiger partial charge in [-0.2, -0.15) is 0 Å². The Morgan fingerprint density at radius 1 is 1.08 bits per heavy atom. The topological polar surface area (TPSA) is 62.0 Å². The molecule has 0 bridgehead atoms. The van der Waals surface area contributed by atoms with E-state index in [1.54, 1.807) is 12.1 Å². The summed E-state index contributed by atoms with van der Waals surface area (Å²) in [7, 11) is -3.50. The van der Waals surface area contributed by atoms with Crippen molar-refractivity contribution in [2.75, 3.05) is 6.54 Å². The van der Waals surface area contributed by atoms with E-state index in [9.17, 15) is 8.42 Å². The predicted molar refractivity (Wildman–Crippen MR) is 100 cm³/mol. The van der Waals surface area contributed by atoms with Gasteiger partial charge >= 0.3 is 0 Å². The molecule has 1 heterocycles. The zero-order valence-corrected chi connectivity index (χ0v) is 15.3. The molecule has 3 aromatic rings. The van der Waals surface area contributed by atoms with Gasteiger partial charge in [-0.3, -0.25) is 0 Å². The highest BCUT2D eigenvalue weighted by Gasteiger charge is 2.46. The van der Waals surface area contributed by atoms with Crippen LogP contribution in [0.2, 0.25) is 0 Å². The second-order valence-electron chi connectivity index (χ2n) is 7.10. The molecule has 130 valence electrons. The Balaban J connectivity index is 1.59. The number of H-pyrrole nitrogens is 1. The largest absolute Gasteiger partial charge is 0.361 e. The molecule has 5 heteroatoms. The van der Waals surface area contributed by atoms with E-state index in [4.69, 9.17) is 0 Å². The third-order valence-corrected chi connectivity index (χ3v) is 6.80. The predicted octanol–water partition coefficient (Wildman–Crippen LogP) is 3.79. The molecule has 1 aromatic heterocycles. The second kappa shape index (κ2) is 5.71. The number of aryl methyl sites for hydroxylation is 2. The number of hydrogen-bond donors (Lipinski definition) is 2. The van der Waals surface area contributed by atoms with Gasteiger partial charge in [0, 0.05) is 29.1 Å². The summed E-state index contributed by atoms with van der Waals surface area (Å²) < 4.78 is 28.2. The highest BCUT2D eigenvalue weighted by Crippen LogP contribution is 2.50. The van der Waals surface area contributed by atoms with E-state index < -0.39 is 10.0 Å². The highest BCUT2D eigenvalue weighted by molar-refractivity contribution is 7.89. The summed E-state index contributed by atoms with van der Waals surface area (Å²) in [5, 5.41) is 1.19. The van der Waals surface area contributed by atoms with Gasteiger partial charge in [-0.25, -0.2) is 13.1 Å². The van der Waals surface area contributed by atoms with Gasteiger partial charge in [-0.05, 0) is 61.6 Å². The molecule has 25 heavy (non-hydrogen) atoms. The molecule has 1 fully saturated rings. The van der Waals surface area contributed by atoms with Crippen molar-refractivity contribution in [1.29, 1.82) is 0 Å². The van der Waals surface area contributed by atoms with Gasteiger partial charge in [0.25, 0.3) is 0 Å². The van der Waals surface area contributed by atoms with Crippen molar-refractivity contribution in [3.05, 3.63) is 65.4 Å². The van der Waals surface area contributed by atoms with Gasteiger partial charge in [0.15, 0.2) is 0 Å². The lowest BCUT2D eigenvalue weighted by Crippen LogP contribution is -2.32. The fourth-order valence-corrected chi connectivity index (χ4v) is 4.61. The first-order valence-electron chi connectivity index (χ1n) is 8.55. The summed E-state index contributed by atoms with van der Waals surface area (Å²) in [6.45, 7) is 4.35. The smallest absolute Gasteiger partial charge is 0.240 e. The maximum absolute atomic E-state index is 12.7. The Kier molecular flexibility index (Phi) is 3.74. The van der Waals surface area contributed by atoms with Crippen LogP contribution in [0.15, 0.2) is 53.6 Å². The number of sulfonamides is 1. The average molecular weight is 354 g/mol. The van der Waals surface area contributed by atoms with Crippen LogP contribution in [0.1, 0.15) is 29.5 Å². The third-order valence-electron chi connectivity index (χ3n) is 5.40. The molecule has 4 nitrogen and oxygen atoms in total. The van der Waals surface area contributed by atoms with E-state index in [2.05, 4.69) is 15.8 Å². The first-order chi connectivity index (χ1) is 11.9. The van der Waals surface area contributed by atoms with Crippen LogP contribution in [0.4, 0.5) is 0 Å². The van der Waals surface area contributed by atoms with Gasteiger partial charge < -0.3 is 4.98 Å². The summed E-state index contributed by atoms with van der Waals surface area (Å²) in [5.74, 6) is 0. The van der Waals surface area contributed by atoms with Crippen molar-refractivity contribution >= 4 is 20.9 Å². The molecule has 2 N–H and O–H groups in total. The van der Waals surface area contributed by atoms with Crippen molar-refractivity contribution in [1.82, 2.24) is 9.71 Å². The maximum Gasteiger partial charge on any atom is 0.240 e. The molecule has 1 saturated carbocycles. The van der Waals surface area contributed by atoms with Gasteiger partial charge in [-0.1, -0.05) is 24.3 Å². The van der Waals surface area contributed by atoms with Gasteiger partial charge in [0.1, 0.15) is 0 Å². The Morgan fingerprint density at radius 2 is 1.84 bits per heavy atom. The molecular formula is C20H22N2O2S. The quantitative estimate of drug-likeness (QED) is 0.732. The first-order valence-corrected chi connectivity index (χ1v) is 10.0. The summed E-state index contributed by atoms with van der Waals surface area (Å²) in [6, 6.07) is 13.4. The molecule has 1 aliphatic carbocycles. The summed E-state index contributed by atoms with van der Waals surface area (Å²) in [4.78, 5) is 3.64. The minimum Gasteiger partial charge on any atom is -0.361 e. The lowest BCUT2D eigenvalue weighted by molar-refractivity contribution is 0.567. The van der Waals surface area contributed by atoms with E-state index in [1.165, 1.54) is 10.9 Å². The summed E-state index contributed by atoms with van der Waals surface area (Å²) >= 11 is 0. The lowest BCUT2D eigenvalue weighted by atomic mass is 9.96. The van der Waals surface area contributed by atoms with Crippen LogP contribution in [-0.4, -0.2) is 19.9 Å². The van der Waals surface area contributed by atoms with Crippen molar-refractivity contribution in [3.8, 4) is 0 Å². The van der Waals surface area contributed by atoms with Crippen molar-refractivity contribution in [3.63, 3.8) is 0 Å². The number of benzene rings is 2.